The lowest BCUT2D eigenvalue weighted by Crippen LogP contribution is -2.50. The molecule has 0 aromatic heterocycles. The van der Waals surface area contributed by atoms with Gasteiger partial charge in [0.25, 0.3) is 0 Å². The molecule has 1 aromatic rings. The number of esters is 1. The minimum atomic E-state index is -0.412. The van der Waals surface area contributed by atoms with Gasteiger partial charge in [0.2, 0.25) is 0 Å². The molecular formula is C23H31NO2. The van der Waals surface area contributed by atoms with Gasteiger partial charge in [-0.15, -0.1) is 0 Å². The van der Waals surface area contributed by atoms with Gasteiger partial charge in [-0.3, -0.25) is 4.79 Å². The molecule has 1 N–H and O–H groups in total. The van der Waals surface area contributed by atoms with Crippen molar-refractivity contribution in [2.45, 2.75) is 50.4 Å². The molecule has 5 aliphatic carbocycles. The minimum Gasteiger partial charge on any atom is -0.468 e. The topological polar surface area (TPSA) is 38.3 Å². The molecule has 0 aliphatic heterocycles. The first-order chi connectivity index (χ1) is 12.6. The van der Waals surface area contributed by atoms with E-state index in [4.69, 9.17) is 4.74 Å². The van der Waals surface area contributed by atoms with E-state index in [1.165, 1.54) is 45.6 Å². The summed E-state index contributed by atoms with van der Waals surface area (Å²) >= 11 is 0. The monoisotopic (exact) mass is 353 g/mol. The zero-order chi connectivity index (χ0) is 17.8. The third kappa shape index (κ3) is 2.62. The van der Waals surface area contributed by atoms with E-state index in [9.17, 15) is 4.79 Å². The van der Waals surface area contributed by atoms with E-state index in [0.717, 1.165) is 42.8 Å². The van der Waals surface area contributed by atoms with E-state index < -0.39 is 5.41 Å². The number of carbonyl (C=O) groups is 1. The summed E-state index contributed by atoms with van der Waals surface area (Å²) in [4.78, 5) is 12.5. The summed E-state index contributed by atoms with van der Waals surface area (Å²) in [6.45, 7) is 2.09. The second kappa shape index (κ2) is 6.09. The number of ether oxygens (including phenoxy) is 1. The van der Waals surface area contributed by atoms with E-state index in [1.54, 1.807) is 0 Å². The maximum atomic E-state index is 12.5. The maximum absolute atomic E-state index is 12.5. The lowest BCUT2D eigenvalue weighted by molar-refractivity contribution is -0.144. The van der Waals surface area contributed by atoms with Gasteiger partial charge in [-0.05, 0) is 86.1 Å². The van der Waals surface area contributed by atoms with Gasteiger partial charge in [-0.2, -0.15) is 0 Å². The van der Waals surface area contributed by atoms with Crippen LogP contribution in [-0.4, -0.2) is 26.2 Å². The highest BCUT2D eigenvalue weighted by Gasteiger charge is 2.61. The van der Waals surface area contributed by atoms with Crippen molar-refractivity contribution in [2.24, 2.45) is 29.1 Å². The van der Waals surface area contributed by atoms with Gasteiger partial charge >= 0.3 is 5.97 Å². The van der Waals surface area contributed by atoms with E-state index in [-0.39, 0.29) is 5.97 Å². The van der Waals surface area contributed by atoms with Gasteiger partial charge in [0.05, 0.1) is 12.5 Å². The van der Waals surface area contributed by atoms with Crippen LogP contribution in [0.3, 0.4) is 0 Å². The molecule has 0 amide bonds. The highest BCUT2D eigenvalue weighted by atomic mass is 16.5. The molecule has 1 aromatic carbocycles. The van der Waals surface area contributed by atoms with Crippen LogP contribution in [0.15, 0.2) is 30.3 Å². The van der Waals surface area contributed by atoms with Gasteiger partial charge < -0.3 is 10.1 Å². The molecule has 3 heteroatoms. The Bertz CT molecular complexity index is 649. The highest BCUT2D eigenvalue weighted by Crippen LogP contribution is 2.60. The summed E-state index contributed by atoms with van der Waals surface area (Å²) in [6.07, 6.45) is 9.74. The molecule has 6 rings (SSSR count). The van der Waals surface area contributed by atoms with Crippen LogP contribution in [0.1, 0.15) is 50.5 Å². The Balaban J connectivity index is 1.23. The van der Waals surface area contributed by atoms with Crippen molar-refractivity contribution in [2.75, 3.05) is 20.2 Å². The predicted octanol–water partition coefficient (Wildman–Crippen LogP) is 3.92. The quantitative estimate of drug-likeness (QED) is 0.788. The van der Waals surface area contributed by atoms with Crippen LogP contribution in [0.5, 0.6) is 0 Å². The molecule has 26 heavy (non-hydrogen) atoms. The number of nitrogens with one attached hydrogen (secondary N) is 1. The van der Waals surface area contributed by atoms with Crippen LogP contribution in [0.4, 0.5) is 0 Å². The summed E-state index contributed by atoms with van der Waals surface area (Å²) < 4.78 is 5.18. The number of rotatable bonds is 6. The van der Waals surface area contributed by atoms with Crippen molar-refractivity contribution in [3.63, 3.8) is 0 Å². The van der Waals surface area contributed by atoms with Gasteiger partial charge in [0, 0.05) is 6.54 Å². The maximum Gasteiger partial charge on any atom is 0.316 e. The molecule has 2 atom stereocenters. The number of hydrogen-bond donors (Lipinski definition) is 1. The first-order valence-electron chi connectivity index (χ1n) is 10.5. The van der Waals surface area contributed by atoms with Gasteiger partial charge in [-0.25, -0.2) is 0 Å². The van der Waals surface area contributed by atoms with E-state index >= 15 is 0 Å². The Hall–Kier alpha value is -1.35. The standard InChI is InChI=1S/C23H31NO2/c1-26-21(25)23(19-5-3-2-4-6-19)13-20(23)14-24-15-22-10-16-7-17(11-22)9-18(8-16)12-22/h2-6,16-18,20,24H,7-15H2,1H3/t16?,17?,18?,20-,22?,23+/m1/s1. The van der Waals surface area contributed by atoms with Gasteiger partial charge in [0.1, 0.15) is 0 Å². The lowest BCUT2D eigenvalue weighted by Gasteiger charge is -2.57. The molecule has 0 spiro atoms. The minimum absolute atomic E-state index is 0.0645. The Labute approximate surface area is 156 Å². The fraction of sp³-hybridized carbons (Fsp3) is 0.696. The van der Waals surface area contributed by atoms with Crippen molar-refractivity contribution >= 4 is 5.97 Å². The average molecular weight is 354 g/mol. The van der Waals surface area contributed by atoms with Crippen molar-refractivity contribution < 1.29 is 9.53 Å². The Morgan fingerprint density at radius 2 is 1.65 bits per heavy atom. The zero-order valence-corrected chi connectivity index (χ0v) is 15.9. The summed E-state index contributed by atoms with van der Waals surface area (Å²) in [5.41, 5.74) is 1.27. The molecule has 5 saturated carbocycles. The van der Waals surface area contributed by atoms with E-state index in [2.05, 4.69) is 17.4 Å². The van der Waals surface area contributed by atoms with Crippen LogP contribution < -0.4 is 5.32 Å². The van der Waals surface area contributed by atoms with Crippen LogP contribution in [0, 0.1) is 29.1 Å². The fourth-order valence-corrected chi connectivity index (χ4v) is 7.23. The van der Waals surface area contributed by atoms with Crippen molar-refractivity contribution in [1.29, 1.82) is 0 Å². The number of hydrogen-bond acceptors (Lipinski definition) is 3. The largest absolute Gasteiger partial charge is 0.468 e. The van der Waals surface area contributed by atoms with Gasteiger partial charge in [-0.1, -0.05) is 30.3 Å². The number of methoxy groups -OCH3 is 1. The molecule has 3 nitrogen and oxygen atoms in total. The zero-order valence-electron chi connectivity index (χ0n) is 15.9. The molecule has 5 aliphatic rings. The van der Waals surface area contributed by atoms with Crippen molar-refractivity contribution in [3.8, 4) is 0 Å². The summed E-state index contributed by atoms with van der Waals surface area (Å²) in [7, 11) is 1.52. The number of carbonyl (C=O) groups excluding carboxylic acids is 1. The highest BCUT2D eigenvalue weighted by molar-refractivity contribution is 5.87. The Morgan fingerprint density at radius 3 is 2.23 bits per heavy atom. The Kier molecular flexibility index (Phi) is 3.93. The molecule has 0 radical (unpaired) electrons. The summed E-state index contributed by atoms with van der Waals surface area (Å²) in [6, 6.07) is 10.2. The predicted molar refractivity (Wildman–Crippen MR) is 102 cm³/mol. The fourth-order valence-electron chi connectivity index (χ4n) is 7.23. The second-order valence-corrected chi connectivity index (χ2v) is 9.78. The summed E-state index contributed by atoms with van der Waals surface area (Å²) in [5.74, 6) is 3.31. The molecule has 140 valence electrons. The SMILES string of the molecule is COC(=O)[C@]1(c2ccccc2)C[C@@H]1CNCC12CC3CC(CC(C3)C1)C2. The normalized spacial score (nSPS) is 42.7. The van der Waals surface area contributed by atoms with Crippen molar-refractivity contribution in [1.82, 2.24) is 5.32 Å². The van der Waals surface area contributed by atoms with Crippen LogP contribution in [0.2, 0.25) is 0 Å². The first kappa shape index (κ1) is 16.8. The first-order valence-corrected chi connectivity index (χ1v) is 10.5. The third-order valence-corrected chi connectivity index (χ3v) is 8.00. The smallest absolute Gasteiger partial charge is 0.316 e. The Morgan fingerprint density at radius 1 is 1.04 bits per heavy atom. The molecule has 0 saturated heterocycles. The van der Waals surface area contributed by atoms with E-state index in [1.807, 2.05) is 18.2 Å². The molecular weight excluding hydrogens is 322 g/mol. The molecule has 0 heterocycles. The number of benzene rings is 1. The molecule has 5 fully saturated rings. The van der Waals surface area contributed by atoms with Crippen LogP contribution in [0.25, 0.3) is 0 Å². The van der Waals surface area contributed by atoms with Gasteiger partial charge in [0.15, 0.2) is 0 Å². The van der Waals surface area contributed by atoms with Crippen molar-refractivity contribution in [3.05, 3.63) is 35.9 Å². The molecule has 4 bridgehead atoms. The summed E-state index contributed by atoms with van der Waals surface area (Å²) in [5, 5.41) is 3.80. The lowest BCUT2D eigenvalue weighted by atomic mass is 9.49. The molecule has 0 unspecified atom stereocenters. The van der Waals surface area contributed by atoms with Crippen LogP contribution >= 0.6 is 0 Å². The third-order valence-electron chi connectivity index (χ3n) is 8.00. The van der Waals surface area contributed by atoms with Crippen LogP contribution in [-0.2, 0) is 14.9 Å². The average Bonchev–Trinajstić information content (AvgIpc) is 3.36. The van der Waals surface area contributed by atoms with E-state index in [0.29, 0.717) is 11.3 Å². The second-order valence-electron chi connectivity index (χ2n) is 9.78.